The zero-order valence-corrected chi connectivity index (χ0v) is 18.7. The highest BCUT2D eigenvalue weighted by atomic mass is 19.1. The molecule has 1 saturated carbocycles. The van der Waals surface area contributed by atoms with E-state index in [2.05, 4.69) is 50.2 Å². The highest BCUT2D eigenvalue weighted by Gasteiger charge is 2.47. The van der Waals surface area contributed by atoms with Crippen molar-refractivity contribution in [3.8, 4) is 0 Å². The van der Waals surface area contributed by atoms with E-state index in [1.54, 1.807) is 10.9 Å². The maximum Gasteiger partial charge on any atom is 0.243 e. The Bertz CT molecular complexity index is 940. The second-order valence-corrected chi connectivity index (χ2v) is 9.40. The molecule has 8 nitrogen and oxygen atoms in total. The van der Waals surface area contributed by atoms with E-state index in [9.17, 15) is 9.18 Å². The Hall–Kier alpha value is -2.49. The molecule has 2 aromatic rings. The normalized spacial score (nSPS) is 30.8. The van der Waals surface area contributed by atoms with E-state index >= 15 is 0 Å². The number of aromatic nitrogens is 2. The van der Waals surface area contributed by atoms with Gasteiger partial charge in [-0.25, -0.2) is 9.82 Å². The van der Waals surface area contributed by atoms with Gasteiger partial charge >= 0.3 is 0 Å². The Morgan fingerprint density at radius 2 is 1.84 bits per heavy atom. The van der Waals surface area contributed by atoms with Crippen molar-refractivity contribution < 1.29 is 9.18 Å². The summed E-state index contributed by atoms with van der Waals surface area (Å²) in [5, 5.41) is 7.25. The number of halogens is 1. The first-order valence-electron chi connectivity index (χ1n) is 11.5. The number of piperazine rings is 1. The molecule has 2 aliphatic heterocycles. The van der Waals surface area contributed by atoms with Crippen molar-refractivity contribution in [2.45, 2.75) is 37.0 Å². The van der Waals surface area contributed by atoms with E-state index in [0.29, 0.717) is 12.8 Å². The average Bonchev–Trinajstić information content (AvgIpc) is 3.40. The third-order valence-electron chi connectivity index (χ3n) is 7.25. The van der Waals surface area contributed by atoms with E-state index in [4.69, 9.17) is 0 Å². The number of hydrogen-bond donors (Lipinski definition) is 3. The molecule has 32 heavy (non-hydrogen) atoms. The van der Waals surface area contributed by atoms with Crippen LogP contribution in [0.2, 0.25) is 0 Å². The van der Waals surface area contributed by atoms with Crippen LogP contribution in [0.5, 0.6) is 0 Å². The summed E-state index contributed by atoms with van der Waals surface area (Å²) >= 11 is 0. The summed E-state index contributed by atoms with van der Waals surface area (Å²) in [5.74, 6) is -0.291. The molecule has 3 N–H and O–H groups in total. The maximum absolute atomic E-state index is 14.9. The molecule has 2 saturated heterocycles. The number of benzene rings is 1. The Kier molecular flexibility index (Phi) is 5.88. The van der Waals surface area contributed by atoms with Gasteiger partial charge in [0.25, 0.3) is 0 Å². The number of amides is 1. The molecule has 3 fully saturated rings. The molecule has 0 radical (unpaired) electrons. The lowest BCUT2D eigenvalue weighted by Gasteiger charge is -2.35. The lowest BCUT2D eigenvalue weighted by molar-refractivity contribution is -0.119. The summed E-state index contributed by atoms with van der Waals surface area (Å²) in [4.78, 5) is 17.8. The minimum atomic E-state index is -0.946. The van der Waals surface area contributed by atoms with E-state index in [-0.39, 0.29) is 23.8 Å². The minimum absolute atomic E-state index is 0.0248. The number of nitrogens with one attached hydrogen (secondary N) is 3. The standard InChI is InChI=1S/C23H32FN7O/c1-29-7-9-31(10-8-29)17-5-3-16(4-6-17)26-23(32)22-19-11-18(15-13-25-30(2)14-15)20(24)12-21(19)27-28-22/h3-6,13-14,18-22,27-28H,7-12H2,1-2H3,(H,26,32). The van der Waals surface area contributed by atoms with Gasteiger partial charge in [-0.15, -0.1) is 0 Å². The third-order valence-corrected chi connectivity index (χ3v) is 7.25. The van der Waals surface area contributed by atoms with Crippen LogP contribution >= 0.6 is 0 Å². The van der Waals surface area contributed by atoms with Crippen molar-refractivity contribution in [1.29, 1.82) is 0 Å². The lowest BCUT2D eigenvalue weighted by Crippen LogP contribution is -2.44. The highest BCUT2D eigenvalue weighted by Crippen LogP contribution is 2.41. The monoisotopic (exact) mass is 441 g/mol. The molecule has 5 atom stereocenters. The smallest absolute Gasteiger partial charge is 0.243 e. The van der Waals surface area contributed by atoms with E-state index < -0.39 is 12.2 Å². The number of carbonyl (C=O) groups is 1. The number of alkyl halides is 1. The highest BCUT2D eigenvalue weighted by molar-refractivity contribution is 5.95. The summed E-state index contributed by atoms with van der Waals surface area (Å²) in [6.07, 6.45) is 3.67. The maximum atomic E-state index is 14.9. The largest absolute Gasteiger partial charge is 0.369 e. The lowest BCUT2D eigenvalue weighted by atomic mass is 9.73. The molecule has 0 spiro atoms. The van der Waals surface area contributed by atoms with Gasteiger partial charge in [0.15, 0.2) is 0 Å². The number of fused-ring (bicyclic) bond motifs is 1. The van der Waals surface area contributed by atoms with Crippen LogP contribution in [0.3, 0.4) is 0 Å². The fourth-order valence-corrected chi connectivity index (χ4v) is 5.30. The summed E-state index contributed by atoms with van der Waals surface area (Å²) in [5.41, 5.74) is 9.14. The van der Waals surface area contributed by atoms with Crippen LogP contribution in [0, 0.1) is 5.92 Å². The van der Waals surface area contributed by atoms with Crippen LogP contribution in [0.25, 0.3) is 0 Å². The van der Waals surface area contributed by atoms with Gasteiger partial charge in [0.05, 0.1) is 6.20 Å². The van der Waals surface area contributed by atoms with Crippen LogP contribution in [0.1, 0.15) is 24.3 Å². The van der Waals surface area contributed by atoms with Crippen molar-refractivity contribution in [3.63, 3.8) is 0 Å². The molecule has 3 heterocycles. The molecular formula is C23H32FN7O. The summed E-state index contributed by atoms with van der Waals surface area (Å²) in [6.45, 7) is 4.13. The predicted octanol–water partition coefficient (Wildman–Crippen LogP) is 1.49. The zero-order valence-electron chi connectivity index (χ0n) is 18.7. The molecule has 1 aromatic carbocycles. The SMILES string of the molecule is CN1CCN(c2ccc(NC(=O)C3NNC4CC(F)C(c5cnn(C)c5)CC43)cc2)CC1. The fourth-order valence-electron chi connectivity index (χ4n) is 5.30. The van der Waals surface area contributed by atoms with Gasteiger partial charge in [-0.2, -0.15) is 5.10 Å². The number of likely N-dealkylation sites (N-methyl/N-ethyl adjacent to an activating group) is 1. The molecule has 172 valence electrons. The molecule has 1 aromatic heterocycles. The number of nitrogens with zero attached hydrogens (tertiary/aromatic N) is 4. The van der Waals surface area contributed by atoms with Gasteiger partial charge < -0.3 is 15.1 Å². The van der Waals surface area contributed by atoms with Crippen LogP contribution in [0.15, 0.2) is 36.7 Å². The molecule has 0 bridgehead atoms. The number of hydrogen-bond acceptors (Lipinski definition) is 6. The first kappa shape index (κ1) is 21.4. The third kappa shape index (κ3) is 4.24. The van der Waals surface area contributed by atoms with Gasteiger partial charge in [0, 0.05) is 68.7 Å². The van der Waals surface area contributed by atoms with Crippen LogP contribution in [0.4, 0.5) is 15.8 Å². The van der Waals surface area contributed by atoms with Gasteiger partial charge in [-0.3, -0.25) is 14.9 Å². The first-order chi connectivity index (χ1) is 15.5. The van der Waals surface area contributed by atoms with Crippen molar-refractivity contribution >= 4 is 17.3 Å². The number of carbonyl (C=O) groups excluding carboxylic acids is 1. The van der Waals surface area contributed by atoms with E-state index in [0.717, 1.165) is 37.4 Å². The van der Waals surface area contributed by atoms with Crippen LogP contribution in [-0.2, 0) is 11.8 Å². The number of aryl methyl sites for hydroxylation is 1. The molecule has 1 aliphatic carbocycles. The van der Waals surface area contributed by atoms with Crippen molar-refractivity contribution in [2.75, 3.05) is 43.4 Å². The minimum Gasteiger partial charge on any atom is -0.369 e. The van der Waals surface area contributed by atoms with Crippen molar-refractivity contribution in [2.24, 2.45) is 13.0 Å². The summed E-state index contributed by atoms with van der Waals surface area (Å²) in [6, 6.07) is 7.61. The number of anilines is 2. The summed E-state index contributed by atoms with van der Waals surface area (Å²) in [7, 11) is 3.98. The Morgan fingerprint density at radius 3 is 2.53 bits per heavy atom. The molecule has 3 aliphatic rings. The molecule has 9 heteroatoms. The van der Waals surface area contributed by atoms with Crippen LogP contribution < -0.4 is 21.1 Å². The predicted molar refractivity (Wildman–Crippen MR) is 122 cm³/mol. The summed E-state index contributed by atoms with van der Waals surface area (Å²) < 4.78 is 16.6. The zero-order chi connectivity index (χ0) is 22.2. The molecule has 1 amide bonds. The number of rotatable bonds is 4. The second kappa shape index (κ2) is 8.80. The topological polar surface area (TPSA) is 77.5 Å². The Morgan fingerprint density at radius 1 is 1.09 bits per heavy atom. The molecule has 5 rings (SSSR count). The quantitative estimate of drug-likeness (QED) is 0.668. The molecule has 5 unspecified atom stereocenters. The van der Waals surface area contributed by atoms with Crippen molar-refractivity contribution in [3.05, 3.63) is 42.2 Å². The van der Waals surface area contributed by atoms with Gasteiger partial charge in [0.1, 0.15) is 12.2 Å². The van der Waals surface area contributed by atoms with Gasteiger partial charge in [0.2, 0.25) is 5.91 Å². The molecular weight excluding hydrogens is 409 g/mol. The number of hydrazine groups is 1. The van der Waals surface area contributed by atoms with Crippen LogP contribution in [-0.4, -0.2) is 72.1 Å². The van der Waals surface area contributed by atoms with E-state index in [1.807, 2.05) is 25.4 Å². The Labute approximate surface area is 188 Å². The first-order valence-corrected chi connectivity index (χ1v) is 11.5. The van der Waals surface area contributed by atoms with Crippen molar-refractivity contribution in [1.82, 2.24) is 25.5 Å². The van der Waals surface area contributed by atoms with Gasteiger partial charge in [-0.05, 0) is 49.7 Å². The Balaban J connectivity index is 1.23. The fraction of sp³-hybridized carbons (Fsp3) is 0.565. The second-order valence-electron chi connectivity index (χ2n) is 9.40. The average molecular weight is 442 g/mol. The van der Waals surface area contributed by atoms with E-state index in [1.165, 1.54) is 5.69 Å². The van der Waals surface area contributed by atoms with Gasteiger partial charge in [-0.1, -0.05) is 0 Å².